The lowest BCUT2D eigenvalue weighted by Crippen LogP contribution is -2.48. The number of likely N-dealkylation sites (tertiary alicyclic amines) is 1. The molecule has 0 radical (unpaired) electrons. The molecule has 0 aromatic rings. The number of hydrogen-bond donors (Lipinski definition) is 2. The molecule has 20 heavy (non-hydrogen) atoms. The summed E-state index contributed by atoms with van der Waals surface area (Å²) < 4.78 is 10.3. The normalized spacial score (nSPS) is 22.0. The maximum absolute atomic E-state index is 5.17. The van der Waals surface area contributed by atoms with Crippen molar-refractivity contribution in [1.29, 1.82) is 0 Å². The number of methoxy groups -OCH3 is 2. The van der Waals surface area contributed by atoms with Crippen LogP contribution in [0.2, 0.25) is 0 Å². The van der Waals surface area contributed by atoms with Crippen LogP contribution in [-0.4, -0.2) is 77.1 Å². The summed E-state index contributed by atoms with van der Waals surface area (Å²) in [5.41, 5.74) is 0. The highest BCUT2D eigenvalue weighted by Crippen LogP contribution is 2.15. The average Bonchev–Trinajstić information content (AvgIpc) is 2.88. The van der Waals surface area contributed by atoms with Crippen LogP contribution < -0.4 is 10.6 Å². The van der Waals surface area contributed by atoms with Gasteiger partial charge in [0, 0.05) is 46.4 Å². The first-order valence-corrected chi connectivity index (χ1v) is 7.40. The fourth-order valence-corrected chi connectivity index (χ4v) is 2.56. The second kappa shape index (κ2) is 9.96. The highest BCUT2D eigenvalue weighted by atomic mass is 16.5. The molecule has 2 N–H and O–H groups in total. The number of guanidine groups is 1. The first-order valence-electron chi connectivity index (χ1n) is 7.40. The molecule has 2 unspecified atom stereocenters. The van der Waals surface area contributed by atoms with Crippen molar-refractivity contribution in [3.05, 3.63) is 0 Å². The smallest absolute Gasteiger partial charge is 0.191 e. The Morgan fingerprint density at radius 1 is 1.40 bits per heavy atom. The van der Waals surface area contributed by atoms with E-state index in [1.54, 1.807) is 21.3 Å². The number of aliphatic imine (C=N–C) groups is 1. The van der Waals surface area contributed by atoms with Crippen LogP contribution in [0.3, 0.4) is 0 Å². The van der Waals surface area contributed by atoms with Crippen molar-refractivity contribution in [3.63, 3.8) is 0 Å². The fraction of sp³-hybridized carbons (Fsp3) is 0.929. The Morgan fingerprint density at radius 2 is 2.20 bits per heavy atom. The van der Waals surface area contributed by atoms with Crippen LogP contribution in [0.1, 0.15) is 19.8 Å². The number of nitrogens with one attached hydrogen (secondary N) is 2. The zero-order valence-corrected chi connectivity index (χ0v) is 13.3. The Morgan fingerprint density at radius 3 is 2.85 bits per heavy atom. The van der Waals surface area contributed by atoms with Gasteiger partial charge in [-0.1, -0.05) is 0 Å². The maximum Gasteiger partial charge on any atom is 0.191 e. The molecule has 0 aliphatic carbocycles. The topological polar surface area (TPSA) is 58.1 Å². The van der Waals surface area contributed by atoms with Gasteiger partial charge in [0.15, 0.2) is 5.96 Å². The van der Waals surface area contributed by atoms with Crippen LogP contribution in [0.15, 0.2) is 4.99 Å². The molecule has 1 rings (SSSR count). The van der Waals surface area contributed by atoms with Gasteiger partial charge in [0.1, 0.15) is 0 Å². The third-order valence-corrected chi connectivity index (χ3v) is 3.61. The summed E-state index contributed by atoms with van der Waals surface area (Å²) in [6.07, 6.45) is 2.50. The molecule has 1 fully saturated rings. The molecule has 6 nitrogen and oxygen atoms in total. The second-order valence-corrected chi connectivity index (χ2v) is 5.28. The fourth-order valence-electron chi connectivity index (χ4n) is 2.56. The number of rotatable bonds is 8. The van der Waals surface area contributed by atoms with E-state index in [1.807, 2.05) is 0 Å². The van der Waals surface area contributed by atoms with E-state index in [9.17, 15) is 0 Å². The van der Waals surface area contributed by atoms with Crippen LogP contribution in [0, 0.1) is 0 Å². The molecule has 0 aromatic heterocycles. The summed E-state index contributed by atoms with van der Waals surface area (Å²) in [5.74, 6) is 0.841. The van der Waals surface area contributed by atoms with Crippen LogP contribution in [0.25, 0.3) is 0 Å². The summed E-state index contributed by atoms with van der Waals surface area (Å²) in [6, 6.07) is 0.820. The predicted octanol–water partition coefficient (Wildman–Crippen LogP) is 0.297. The summed E-state index contributed by atoms with van der Waals surface area (Å²) >= 11 is 0. The van der Waals surface area contributed by atoms with Crippen molar-refractivity contribution in [2.24, 2.45) is 4.99 Å². The van der Waals surface area contributed by atoms with Gasteiger partial charge in [-0.05, 0) is 26.3 Å². The van der Waals surface area contributed by atoms with E-state index in [4.69, 9.17) is 9.47 Å². The van der Waals surface area contributed by atoms with Gasteiger partial charge >= 0.3 is 0 Å². The van der Waals surface area contributed by atoms with E-state index < -0.39 is 0 Å². The molecule has 118 valence electrons. The van der Waals surface area contributed by atoms with Gasteiger partial charge in [0.05, 0.1) is 13.2 Å². The standard InChI is InChI=1S/C14H30N4O2/c1-12(11-20-4)17-14(15-2)16-10-13-6-5-7-18(13)8-9-19-3/h12-13H,5-11H2,1-4H3,(H2,15,16,17). The molecule has 0 spiro atoms. The van der Waals surface area contributed by atoms with Crippen molar-refractivity contribution in [1.82, 2.24) is 15.5 Å². The summed E-state index contributed by atoms with van der Waals surface area (Å²) in [7, 11) is 5.26. The second-order valence-electron chi connectivity index (χ2n) is 5.28. The number of ether oxygens (including phenoxy) is 2. The van der Waals surface area contributed by atoms with Gasteiger partial charge < -0.3 is 20.1 Å². The molecule has 1 aliphatic rings. The van der Waals surface area contributed by atoms with E-state index in [0.29, 0.717) is 12.6 Å². The minimum Gasteiger partial charge on any atom is -0.383 e. The molecule has 1 aliphatic heterocycles. The van der Waals surface area contributed by atoms with Gasteiger partial charge in [-0.15, -0.1) is 0 Å². The van der Waals surface area contributed by atoms with Gasteiger partial charge in [-0.2, -0.15) is 0 Å². The van der Waals surface area contributed by atoms with Gasteiger partial charge in [0.2, 0.25) is 0 Å². The molecule has 0 aromatic carbocycles. The van der Waals surface area contributed by atoms with E-state index in [0.717, 1.165) is 25.7 Å². The lowest BCUT2D eigenvalue weighted by molar-refractivity contribution is 0.141. The van der Waals surface area contributed by atoms with Gasteiger partial charge in [0.25, 0.3) is 0 Å². The van der Waals surface area contributed by atoms with E-state index in [-0.39, 0.29) is 6.04 Å². The maximum atomic E-state index is 5.17. The monoisotopic (exact) mass is 286 g/mol. The van der Waals surface area contributed by atoms with Crippen molar-refractivity contribution in [2.45, 2.75) is 31.8 Å². The Balaban J connectivity index is 2.32. The highest BCUT2D eigenvalue weighted by molar-refractivity contribution is 5.79. The summed E-state index contributed by atoms with van der Waals surface area (Å²) in [6.45, 7) is 6.65. The van der Waals surface area contributed by atoms with Crippen LogP contribution in [0.4, 0.5) is 0 Å². The zero-order valence-electron chi connectivity index (χ0n) is 13.3. The van der Waals surface area contributed by atoms with Gasteiger partial charge in [-0.3, -0.25) is 9.89 Å². The lowest BCUT2D eigenvalue weighted by Gasteiger charge is -2.25. The third-order valence-electron chi connectivity index (χ3n) is 3.61. The molecule has 1 heterocycles. The minimum atomic E-state index is 0.249. The van der Waals surface area contributed by atoms with Crippen LogP contribution >= 0.6 is 0 Å². The van der Waals surface area contributed by atoms with E-state index in [1.165, 1.54) is 19.4 Å². The Kier molecular flexibility index (Phi) is 8.57. The van der Waals surface area contributed by atoms with Gasteiger partial charge in [-0.25, -0.2) is 0 Å². The van der Waals surface area contributed by atoms with E-state index in [2.05, 4.69) is 27.4 Å². The molecule has 0 bridgehead atoms. The molecule has 2 atom stereocenters. The molecule has 0 saturated carbocycles. The zero-order chi connectivity index (χ0) is 14.8. The Labute approximate surface area is 122 Å². The molecule has 1 saturated heterocycles. The quantitative estimate of drug-likeness (QED) is 0.496. The average molecular weight is 286 g/mol. The first-order chi connectivity index (χ1) is 9.71. The molecular formula is C14H30N4O2. The molecule has 6 heteroatoms. The summed E-state index contributed by atoms with van der Waals surface area (Å²) in [5, 5.41) is 6.73. The van der Waals surface area contributed by atoms with Crippen LogP contribution in [-0.2, 0) is 9.47 Å². The Hall–Kier alpha value is -0.850. The first kappa shape index (κ1) is 17.2. The van der Waals surface area contributed by atoms with Crippen molar-refractivity contribution >= 4 is 5.96 Å². The Bertz CT molecular complexity index is 286. The number of nitrogens with zero attached hydrogens (tertiary/aromatic N) is 2. The third kappa shape index (κ3) is 6.07. The number of hydrogen-bond acceptors (Lipinski definition) is 4. The SMILES string of the molecule is CN=C(NCC1CCCN1CCOC)NC(C)COC. The van der Waals surface area contributed by atoms with Crippen molar-refractivity contribution < 1.29 is 9.47 Å². The molecule has 0 amide bonds. The van der Waals surface area contributed by atoms with Crippen molar-refractivity contribution in [3.8, 4) is 0 Å². The minimum absolute atomic E-state index is 0.249. The highest BCUT2D eigenvalue weighted by Gasteiger charge is 2.24. The largest absolute Gasteiger partial charge is 0.383 e. The molecular weight excluding hydrogens is 256 g/mol. The van der Waals surface area contributed by atoms with E-state index >= 15 is 0 Å². The van der Waals surface area contributed by atoms with Crippen molar-refractivity contribution in [2.75, 3.05) is 54.1 Å². The predicted molar refractivity (Wildman–Crippen MR) is 82.3 cm³/mol. The summed E-state index contributed by atoms with van der Waals surface area (Å²) in [4.78, 5) is 6.74. The van der Waals surface area contributed by atoms with Crippen LogP contribution in [0.5, 0.6) is 0 Å². The lowest BCUT2D eigenvalue weighted by atomic mass is 10.2.